The Hall–Kier alpha value is -1.72. The van der Waals surface area contributed by atoms with Gasteiger partial charge < -0.3 is 10.0 Å². The molecule has 122 valence electrons. The van der Waals surface area contributed by atoms with E-state index >= 15 is 0 Å². The Labute approximate surface area is 140 Å². The van der Waals surface area contributed by atoms with Gasteiger partial charge in [-0.1, -0.05) is 37.3 Å². The van der Waals surface area contributed by atoms with E-state index in [1.807, 2.05) is 42.2 Å². The third-order valence-electron chi connectivity index (χ3n) is 4.48. The van der Waals surface area contributed by atoms with Crippen LogP contribution in [0.2, 0.25) is 0 Å². The van der Waals surface area contributed by atoms with Crippen molar-refractivity contribution in [2.24, 2.45) is 5.92 Å². The second-order valence-corrected chi connectivity index (χ2v) is 7.07. The number of aryl methyl sites for hydroxylation is 1. The van der Waals surface area contributed by atoms with Crippen LogP contribution in [-0.4, -0.2) is 34.0 Å². The largest absolute Gasteiger partial charge is 0.388 e. The number of benzene rings is 1. The SMILES string of the molecule is CCc1ncc(C(=O)N2CCC(C(O)c3ccccc3)CC2)s1. The van der Waals surface area contributed by atoms with Gasteiger partial charge in [-0.15, -0.1) is 11.3 Å². The lowest BCUT2D eigenvalue weighted by molar-refractivity contribution is 0.0465. The number of carbonyl (C=O) groups excluding carboxylic acids is 1. The van der Waals surface area contributed by atoms with Crippen molar-refractivity contribution < 1.29 is 9.90 Å². The first-order valence-corrected chi connectivity index (χ1v) is 8.97. The van der Waals surface area contributed by atoms with E-state index in [1.54, 1.807) is 6.20 Å². The van der Waals surface area contributed by atoms with Gasteiger partial charge in [0, 0.05) is 13.1 Å². The number of thiazole rings is 1. The maximum Gasteiger partial charge on any atom is 0.265 e. The minimum atomic E-state index is -0.441. The minimum absolute atomic E-state index is 0.0786. The van der Waals surface area contributed by atoms with E-state index in [0.717, 1.165) is 34.7 Å². The number of hydrogen-bond donors (Lipinski definition) is 1. The van der Waals surface area contributed by atoms with E-state index in [0.29, 0.717) is 13.1 Å². The third kappa shape index (κ3) is 3.62. The predicted octanol–water partition coefficient (Wildman–Crippen LogP) is 3.29. The normalized spacial score (nSPS) is 17.2. The first-order valence-electron chi connectivity index (χ1n) is 8.16. The van der Waals surface area contributed by atoms with Gasteiger partial charge in [-0.3, -0.25) is 4.79 Å². The standard InChI is InChI=1S/C18H22N2O2S/c1-2-16-19-12-15(23-16)18(22)20-10-8-14(9-11-20)17(21)13-6-4-3-5-7-13/h3-7,12,14,17,21H,2,8-11H2,1H3. The van der Waals surface area contributed by atoms with E-state index < -0.39 is 6.10 Å². The third-order valence-corrected chi connectivity index (χ3v) is 5.61. The van der Waals surface area contributed by atoms with Gasteiger partial charge in [0.2, 0.25) is 0 Å². The van der Waals surface area contributed by atoms with Gasteiger partial charge >= 0.3 is 0 Å². The van der Waals surface area contributed by atoms with Gasteiger partial charge in [0.15, 0.2) is 0 Å². The summed E-state index contributed by atoms with van der Waals surface area (Å²) < 4.78 is 0. The number of aromatic nitrogens is 1. The number of likely N-dealkylation sites (tertiary alicyclic amines) is 1. The molecule has 1 aromatic carbocycles. The Kier molecular flexibility index (Phi) is 5.08. The number of piperidine rings is 1. The van der Waals surface area contributed by atoms with E-state index in [2.05, 4.69) is 4.98 Å². The zero-order valence-corrected chi connectivity index (χ0v) is 14.1. The fraction of sp³-hybridized carbons (Fsp3) is 0.444. The Morgan fingerprint density at radius 3 is 2.65 bits per heavy atom. The molecule has 0 radical (unpaired) electrons. The highest BCUT2D eigenvalue weighted by Gasteiger charge is 2.29. The molecule has 5 heteroatoms. The molecule has 4 nitrogen and oxygen atoms in total. The summed E-state index contributed by atoms with van der Waals surface area (Å²) in [4.78, 5) is 19.4. The Bertz CT molecular complexity index is 648. The summed E-state index contributed by atoms with van der Waals surface area (Å²) >= 11 is 1.49. The number of aliphatic hydroxyl groups excluding tert-OH is 1. The summed E-state index contributed by atoms with van der Waals surface area (Å²) in [7, 11) is 0. The highest BCUT2D eigenvalue weighted by molar-refractivity contribution is 7.13. The molecule has 0 saturated carbocycles. The summed E-state index contributed by atoms with van der Waals surface area (Å²) in [5.74, 6) is 0.295. The molecule has 2 aromatic rings. The minimum Gasteiger partial charge on any atom is -0.388 e. The molecule has 1 amide bonds. The summed E-state index contributed by atoms with van der Waals surface area (Å²) in [6.45, 7) is 3.45. The topological polar surface area (TPSA) is 53.4 Å². The fourth-order valence-corrected chi connectivity index (χ4v) is 3.89. The summed E-state index contributed by atoms with van der Waals surface area (Å²) in [6, 6.07) is 9.79. The van der Waals surface area contributed by atoms with Gasteiger partial charge in [-0.25, -0.2) is 4.98 Å². The summed E-state index contributed by atoms with van der Waals surface area (Å²) in [5, 5.41) is 11.5. The van der Waals surface area contributed by atoms with Crippen molar-refractivity contribution in [1.82, 2.24) is 9.88 Å². The van der Waals surface area contributed by atoms with Gasteiger partial charge in [0.1, 0.15) is 4.88 Å². The van der Waals surface area contributed by atoms with Gasteiger partial charge in [0.05, 0.1) is 17.3 Å². The van der Waals surface area contributed by atoms with Crippen LogP contribution < -0.4 is 0 Å². The average molecular weight is 330 g/mol. The van der Waals surface area contributed by atoms with E-state index in [4.69, 9.17) is 0 Å². The van der Waals surface area contributed by atoms with Crippen LogP contribution in [0.1, 0.15) is 46.1 Å². The van der Waals surface area contributed by atoms with Gasteiger partial charge in [-0.05, 0) is 30.7 Å². The quantitative estimate of drug-likeness (QED) is 0.936. The summed E-state index contributed by atoms with van der Waals surface area (Å²) in [6.07, 6.45) is 3.78. The lowest BCUT2D eigenvalue weighted by Gasteiger charge is -2.34. The molecule has 1 N–H and O–H groups in total. The number of rotatable bonds is 4. The van der Waals surface area contributed by atoms with E-state index in [-0.39, 0.29) is 11.8 Å². The highest BCUT2D eigenvalue weighted by Crippen LogP contribution is 2.31. The van der Waals surface area contributed by atoms with Crippen LogP contribution >= 0.6 is 11.3 Å². The zero-order chi connectivity index (χ0) is 16.2. The molecule has 23 heavy (non-hydrogen) atoms. The molecule has 1 aliphatic heterocycles. The average Bonchev–Trinajstić information content (AvgIpc) is 3.10. The van der Waals surface area contributed by atoms with Gasteiger partial charge in [-0.2, -0.15) is 0 Å². The second kappa shape index (κ2) is 7.23. The molecule has 3 rings (SSSR count). The first-order chi connectivity index (χ1) is 11.2. The van der Waals surface area contributed by atoms with Crippen LogP contribution in [-0.2, 0) is 6.42 Å². The van der Waals surface area contributed by atoms with E-state index in [9.17, 15) is 9.90 Å². The molecule has 0 aliphatic carbocycles. The number of nitrogens with zero attached hydrogens (tertiary/aromatic N) is 2. The smallest absolute Gasteiger partial charge is 0.265 e. The lowest BCUT2D eigenvalue weighted by Crippen LogP contribution is -2.39. The molecule has 0 bridgehead atoms. The maximum absolute atomic E-state index is 12.5. The number of amides is 1. The molecule has 1 aliphatic rings. The predicted molar refractivity (Wildman–Crippen MR) is 91.5 cm³/mol. The zero-order valence-electron chi connectivity index (χ0n) is 13.3. The monoisotopic (exact) mass is 330 g/mol. The van der Waals surface area contributed by atoms with E-state index in [1.165, 1.54) is 11.3 Å². The Morgan fingerprint density at radius 2 is 2.04 bits per heavy atom. The first kappa shape index (κ1) is 16.1. The maximum atomic E-state index is 12.5. The molecular formula is C18H22N2O2S. The van der Waals surface area contributed by atoms with Crippen LogP contribution in [0, 0.1) is 5.92 Å². The van der Waals surface area contributed by atoms with Crippen molar-refractivity contribution in [3.8, 4) is 0 Å². The number of aliphatic hydroxyl groups is 1. The van der Waals surface area contributed by atoms with Crippen molar-refractivity contribution in [3.05, 3.63) is 52.0 Å². The van der Waals surface area contributed by atoms with Crippen molar-refractivity contribution in [3.63, 3.8) is 0 Å². The summed E-state index contributed by atoms with van der Waals surface area (Å²) in [5.41, 5.74) is 0.965. The Balaban J connectivity index is 1.59. The Morgan fingerprint density at radius 1 is 1.35 bits per heavy atom. The molecule has 0 spiro atoms. The molecule has 1 aromatic heterocycles. The molecule has 1 saturated heterocycles. The van der Waals surface area contributed by atoms with Crippen LogP contribution in [0.5, 0.6) is 0 Å². The number of hydrogen-bond acceptors (Lipinski definition) is 4. The van der Waals surface area contributed by atoms with Crippen molar-refractivity contribution in [2.45, 2.75) is 32.3 Å². The van der Waals surface area contributed by atoms with Gasteiger partial charge in [0.25, 0.3) is 5.91 Å². The van der Waals surface area contributed by atoms with Crippen molar-refractivity contribution in [2.75, 3.05) is 13.1 Å². The molecule has 1 unspecified atom stereocenters. The van der Waals surface area contributed by atoms with Crippen molar-refractivity contribution in [1.29, 1.82) is 0 Å². The van der Waals surface area contributed by atoms with Crippen LogP contribution in [0.3, 0.4) is 0 Å². The van der Waals surface area contributed by atoms with Crippen LogP contribution in [0.15, 0.2) is 36.5 Å². The lowest BCUT2D eigenvalue weighted by atomic mass is 9.87. The number of carbonyl (C=O) groups is 1. The molecular weight excluding hydrogens is 308 g/mol. The molecule has 2 heterocycles. The highest BCUT2D eigenvalue weighted by atomic mass is 32.1. The fourth-order valence-electron chi connectivity index (χ4n) is 3.07. The molecule has 1 fully saturated rings. The molecule has 1 atom stereocenters. The second-order valence-electron chi connectivity index (χ2n) is 5.96. The van der Waals surface area contributed by atoms with Crippen LogP contribution in [0.25, 0.3) is 0 Å². The van der Waals surface area contributed by atoms with Crippen LogP contribution in [0.4, 0.5) is 0 Å². The van der Waals surface area contributed by atoms with Crippen molar-refractivity contribution >= 4 is 17.2 Å².